The van der Waals surface area contributed by atoms with Gasteiger partial charge in [-0.15, -0.1) is 0 Å². The van der Waals surface area contributed by atoms with Crippen molar-refractivity contribution in [3.63, 3.8) is 0 Å². The van der Waals surface area contributed by atoms with Gasteiger partial charge in [0.15, 0.2) is 23.1 Å². The SMILES string of the molecule is O=S1(=O)CCCN1c1ccc(F)c(-n2cc(F)c3cnc(Cl)nc32)n1. The van der Waals surface area contributed by atoms with Gasteiger partial charge in [0.1, 0.15) is 5.82 Å². The van der Waals surface area contributed by atoms with Crippen LogP contribution in [0.2, 0.25) is 5.28 Å². The van der Waals surface area contributed by atoms with Gasteiger partial charge in [-0.3, -0.25) is 8.87 Å². The molecule has 0 N–H and O–H groups in total. The molecule has 1 aliphatic rings. The number of anilines is 1. The Bertz CT molecular complexity index is 1100. The fraction of sp³-hybridized carbons (Fsp3) is 0.214. The van der Waals surface area contributed by atoms with Crippen LogP contribution in [0.25, 0.3) is 16.9 Å². The number of hydrogen-bond donors (Lipinski definition) is 0. The molecular formula is C14H10ClF2N5O2S. The number of rotatable bonds is 2. The molecule has 4 rings (SSSR count). The highest BCUT2D eigenvalue weighted by Crippen LogP contribution is 2.27. The lowest BCUT2D eigenvalue weighted by Crippen LogP contribution is -2.26. The lowest BCUT2D eigenvalue weighted by molar-refractivity contribution is 0.596. The normalized spacial score (nSPS) is 16.7. The van der Waals surface area contributed by atoms with Gasteiger partial charge in [-0.25, -0.2) is 27.2 Å². The first-order chi connectivity index (χ1) is 11.9. The zero-order valence-electron chi connectivity index (χ0n) is 12.5. The highest BCUT2D eigenvalue weighted by atomic mass is 35.5. The van der Waals surface area contributed by atoms with E-state index < -0.39 is 21.7 Å². The lowest BCUT2D eigenvalue weighted by atomic mass is 10.4. The van der Waals surface area contributed by atoms with E-state index in [0.717, 1.165) is 21.1 Å². The molecule has 0 spiro atoms. The first-order valence-corrected chi connectivity index (χ1v) is 9.22. The first kappa shape index (κ1) is 16.2. The molecule has 0 amide bonds. The molecule has 3 aromatic rings. The van der Waals surface area contributed by atoms with E-state index in [1.54, 1.807) is 0 Å². The van der Waals surface area contributed by atoms with Gasteiger partial charge >= 0.3 is 0 Å². The third-order valence-corrected chi connectivity index (χ3v) is 5.89. The van der Waals surface area contributed by atoms with E-state index in [9.17, 15) is 17.2 Å². The third kappa shape index (κ3) is 2.61. The smallest absolute Gasteiger partial charge is 0.236 e. The Labute approximate surface area is 145 Å². The zero-order chi connectivity index (χ0) is 17.8. The van der Waals surface area contributed by atoms with Crippen molar-refractivity contribution in [3.8, 4) is 5.82 Å². The van der Waals surface area contributed by atoms with Crippen LogP contribution in [0.1, 0.15) is 6.42 Å². The van der Waals surface area contributed by atoms with E-state index in [1.807, 2.05) is 0 Å². The highest BCUT2D eigenvalue weighted by Gasteiger charge is 2.30. The summed E-state index contributed by atoms with van der Waals surface area (Å²) in [5.74, 6) is -1.63. The minimum absolute atomic E-state index is 0.00526. The van der Waals surface area contributed by atoms with Crippen LogP contribution in [0.15, 0.2) is 24.5 Å². The number of sulfonamides is 1. The molecule has 11 heteroatoms. The zero-order valence-corrected chi connectivity index (χ0v) is 14.1. The van der Waals surface area contributed by atoms with Gasteiger partial charge in [0, 0.05) is 18.9 Å². The summed E-state index contributed by atoms with van der Waals surface area (Å²) in [7, 11) is -3.48. The highest BCUT2D eigenvalue weighted by molar-refractivity contribution is 7.93. The van der Waals surface area contributed by atoms with Crippen LogP contribution < -0.4 is 4.31 Å². The average Bonchev–Trinajstić information content (AvgIpc) is 3.07. The van der Waals surface area contributed by atoms with Crippen molar-refractivity contribution >= 4 is 38.5 Å². The molecule has 0 saturated carbocycles. The number of aromatic nitrogens is 4. The maximum atomic E-state index is 14.3. The molecule has 0 aromatic carbocycles. The summed E-state index contributed by atoms with van der Waals surface area (Å²) < 4.78 is 54.7. The van der Waals surface area contributed by atoms with Crippen LogP contribution in [0.5, 0.6) is 0 Å². The topological polar surface area (TPSA) is 81.0 Å². The molecular weight excluding hydrogens is 376 g/mol. The van der Waals surface area contributed by atoms with Crippen molar-refractivity contribution in [1.82, 2.24) is 19.5 Å². The fourth-order valence-corrected chi connectivity index (χ4v) is 4.37. The van der Waals surface area contributed by atoms with Crippen molar-refractivity contribution in [1.29, 1.82) is 0 Å². The molecule has 7 nitrogen and oxygen atoms in total. The minimum atomic E-state index is -3.48. The first-order valence-electron chi connectivity index (χ1n) is 7.23. The number of pyridine rings is 1. The predicted molar refractivity (Wildman–Crippen MR) is 87.3 cm³/mol. The van der Waals surface area contributed by atoms with E-state index in [0.29, 0.717) is 6.42 Å². The van der Waals surface area contributed by atoms with Gasteiger partial charge in [-0.2, -0.15) is 4.98 Å². The van der Waals surface area contributed by atoms with Crippen molar-refractivity contribution in [2.24, 2.45) is 0 Å². The average molecular weight is 386 g/mol. The second kappa shape index (κ2) is 5.60. The quantitative estimate of drug-likeness (QED) is 0.632. The van der Waals surface area contributed by atoms with Crippen LogP contribution >= 0.6 is 11.6 Å². The molecule has 0 bridgehead atoms. The van der Waals surface area contributed by atoms with Crippen molar-refractivity contribution < 1.29 is 17.2 Å². The number of halogens is 3. The fourth-order valence-electron chi connectivity index (χ4n) is 2.74. The van der Waals surface area contributed by atoms with E-state index in [2.05, 4.69) is 15.0 Å². The Kier molecular flexibility index (Phi) is 3.62. The third-order valence-electron chi connectivity index (χ3n) is 3.86. The van der Waals surface area contributed by atoms with Crippen molar-refractivity contribution in [2.45, 2.75) is 6.42 Å². The molecule has 130 valence electrons. The summed E-state index contributed by atoms with van der Waals surface area (Å²) in [6, 6.07) is 2.35. The minimum Gasteiger partial charge on any atom is -0.280 e. The number of hydrogen-bond acceptors (Lipinski definition) is 5. The monoisotopic (exact) mass is 385 g/mol. The Morgan fingerprint density at radius 1 is 1.16 bits per heavy atom. The summed E-state index contributed by atoms with van der Waals surface area (Å²) in [5.41, 5.74) is 0.0327. The predicted octanol–water partition coefficient (Wildman–Crippen LogP) is 2.29. The molecule has 25 heavy (non-hydrogen) atoms. The van der Waals surface area contributed by atoms with E-state index in [1.165, 1.54) is 12.3 Å². The Morgan fingerprint density at radius 3 is 2.68 bits per heavy atom. The van der Waals surface area contributed by atoms with Crippen LogP contribution in [-0.4, -0.2) is 40.2 Å². The second-order valence-electron chi connectivity index (χ2n) is 5.44. The van der Waals surface area contributed by atoms with Crippen LogP contribution in [-0.2, 0) is 10.0 Å². The maximum absolute atomic E-state index is 14.3. The molecule has 0 radical (unpaired) electrons. The van der Waals surface area contributed by atoms with E-state index in [4.69, 9.17) is 11.6 Å². The summed E-state index contributed by atoms with van der Waals surface area (Å²) in [6.45, 7) is 0.259. The molecule has 4 heterocycles. The Morgan fingerprint density at radius 2 is 1.96 bits per heavy atom. The Balaban J connectivity index is 1.92. The van der Waals surface area contributed by atoms with Crippen molar-refractivity contribution in [2.75, 3.05) is 16.6 Å². The van der Waals surface area contributed by atoms with Gasteiger partial charge in [0.2, 0.25) is 15.3 Å². The summed E-state index contributed by atoms with van der Waals surface area (Å²) >= 11 is 5.74. The van der Waals surface area contributed by atoms with Crippen LogP contribution in [0, 0.1) is 11.6 Å². The van der Waals surface area contributed by atoms with E-state index >= 15 is 0 Å². The van der Waals surface area contributed by atoms with Gasteiger partial charge in [-0.05, 0) is 30.2 Å². The second-order valence-corrected chi connectivity index (χ2v) is 7.79. The summed E-state index contributed by atoms with van der Waals surface area (Å²) in [5, 5.41) is -0.0877. The van der Waals surface area contributed by atoms with Gasteiger partial charge in [0.25, 0.3) is 0 Å². The largest absolute Gasteiger partial charge is 0.280 e. The van der Waals surface area contributed by atoms with E-state index in [-0.39, 0.29) is 40.3 Å². The van der Waals surface area contributed by atoms with Crippen LogP contribution in [0.4, 0.5) is 14.6 Å². The number of fused-ring (bicyclic) bond motifs is 1. The standard InChI is InChI=1S/C14H10ClF2N5O2S/c15-14-18-6-8-10(17)7-21(12(8)20-14)13-9(16)2-3-11(19-13)22-4-1-5-25(22,23)24/h2-3,6-7H,1,4-5H2. The Hall–Kier alpha value is -2.33. The number of nitrogens with zero attached hydrogens (tertiary/aromatic N) is 5. The molecule has 0 aliphatic carbocycles. The van der Waals surface area contributed by atoms with Crippen molar-refractivity contribution in [3.05, 3.63) is 41.4 Å². The molecule has 1 saturated heterocycles. The summed E-state index contributed by atoms with van der Waals surface area (Å²) in [4.78, 5) is 11.7. The molecule has 0 atom stereocenters. The van der Waals surface area contributed by atoms with Crippen LogP contribution in [0.3, 0.4) is 0 Å². The molecule has 1 fully saturated rings. The molecule has 1 aliphatic heterocycles. The van der Waals surface area contributed by atoms with Gasteiger partial charge < -0.3 is 0 Å². The lowest BCUT2D eigenvalue weighted by Gasteiger charge is -2.17. The summed E-state index contributed by atoms with van der Waals surface area (Å²) in [6.07, 6.45) is 2.65. The molecule has 3 aromatic heterocycles. The maximum Gasteiger partial charge on any atom is 0.236 e. The molecule has 0 unspecified atom stereocenters. The van der Waals surface area contributed by atoms with Gasteiger partial charge in [0.05, 0.1) is 11.1 Å². The van der Waals surface area contributed by atoms with Gasteiger partial charge in [-0.1, -0.05) is 0 Å².